The van der Waals surface area contributed by atoms with Crippen LogP contribution in [0.1, 0.15) is 66.6 Å². The number of amides is 2. The van der Waals surface area contributed by atoms with Crippen molar-refractivity contribution in [3.63, 3.8) is 0 Å². The summed E-state index contributed by atoms with van der Waals surface area (Å²) in [6.07, 6.45) is 1.80. The van der Waals surface area contributed by atoms with Gasteiger partial charge in [-0.3, -0.25) is 9.59 Å². The molecular weight excluding hydrogens is 424 g/mol. The van der Waals surface area contributed by atoms with Crippen LogP contribution in [0, 0.1) is 24.2 Å². The lowest BCUT2D eigenvalue weighted by molar-refractivity contribution is -0.140. The Hall–Kier alpha value is -3.17. The topological polar surface area (TPSA) is 85.2 Å². The number of hydrogen-bond acceptors (Lipinski definition) is 4. The summed E-state index contributed by atoms with van der Waals surface area (Å²) >= 11 is 0. The molecule has 0 aliphatic carbocycles. The molecule has 6 nitrogen and oxygen atoms in total. The third kappa shape index (κ3) is 4.58. The maximum Gasteiger partial charge on any atom is 0.255 e. The Balaban J connectivity index is 1.56. The van der Waals surface area contributed by atoms with Crippen molar-refractivity contribution in [1.82, 2.24) is 10.2 Å². The fourth-order valence-electron chi connectivity index (χ4n) is 5.32. The normalized spacial score (nSPS) is 24.8. The minimum absolute atomic E-state index is 0.161. The number of nitrogens with zero attached hydrogens (tertiary/aromatic N) is 2. The Labute approximate surface area is 202 Å². The van der Waals surface area contributed by atoms with E-state index in [0.29, 0.717) is 23.2 Å². The minimum atomic E-state index is -0.676. The molecule has 2 N–H and O–H groups in total. The Bertz CT molecular complexity index is 1150. The second-order valence-corrected chi connectivity index (χ2v) is 10.5. The van der Waals surface area contributed by atoms with E-state index in [4.69, 9.17) is 0 Å². The van der Waals surface area contributed by atoms with Gasteiger partial charge in [-0.2, -0.15) is 5.26 Å². The van der Waals surface area contributed by atoms with Crippen molar-refractivity contribution in [2.45, 2.75) is 64.0 Å². The number of fused-ring (bicyclic) bond motifs is 1. The average Bonchev–Trinajstić information content (AvgIpc) is 2.83. The SMILES string of the molecule is Cc1ccc(NC(=O)c2cccc(C(C)(C)C#N)c2)cc1C1CC2CNC(C)CC2N(C)C1=O. The van der Waals surface area contributed by atoms with Gasteiger partial charge in [0.15, 0.2) is 0 Å². The number of hydrogen-bond donors (Lipinski definition) is 2. The van der Waals surface area contributed by atoms with Gasteiger partial charge >= 0.3 is 0 Å². The minimum Gasteiger partial charge on any atom is -0.342 e. The van der Waals surface area contributed by atoms with Crippen LogP contribution in [-0.4, -0.2) is 42.4 Å². The van der Waals surface area contributed by atoms with Gasteiger partial charge in [-0.15, -0.1) is 0 Å². The highest BCUT2D eigenvalue weighted by Gasteiger charge is 2.43. The number of carbonyl (C=O) groups is 2. The maximum atomic E-state index is 13.3. The summed E-state index contributed by atoms with van der Waals surface area (Å²) in [7, 11) is 1.93. The van der Waals surface area contributed by atoms with Gasteiger partial charge < -0.3 is 15.5 Å². The molecule has 178 valence electrons. The highest BCUT2D eigenvalue weighted by Crippen LogP contribution is 2.39. The Morgan fingerprint density at radius 2 is 1.97 bits per heavy atom. The lowest BCUT2D eigenvalue weighted by Crippen LogP contribution is -2.57. The summed E-state index contributed by atoms with van der Waals surface area (Å²) in [5.74, 6) is 0.141. The van der Waals surface area contributed by atoms with Crippen LogP contribution >= 0.6 is 0 Å². The van der Waals surface area contributed by atoms with Gasteiger partial charge in [0, 0.05) is 36.9 Å². The van der Waals surface area contributed by atoms with E-state index in [-0.39, 0.29) is 23.8 Å². The molecule has 6 heteroatoms. The van der Waals surface area contributed by atoms with Crippen molar-refractivity contribution in [3.05, 3.63) is 64.7 Å². The van der Waals surface area contributed by atoms with Gasteiger partial charge in [0.1, 0.15) is 0 Å². The van der Waals surface area contributed by atoms with E-state index in [0.717, 1.165) is 36.1 Å². The largest absolute Gasteiger partial charge is 0.342 e. The number of likely N-dealkylation sites (tertiary alicyclic amines) is 1. The van der Waals surface area contributed by atoms with Gasteiger partial charge in [-0.05, 0) is 87.4 Å². The fraction of sp³-hybridized carbons (Fsp3) is 0.464. The molecule has 2 amide bonds. The Morgan fingerprint density at radius 3 is 2.71 bits per heavy atom. The Morgan fingerprint density at radius 1 is 1.21 bits per heavy atom. The van der Waals surface area contributed by atoms with E-state index < -0.39 is 5.41 Å². The Kier molecular flexibility index (Phi) is 6.51. The van der Waals surface area contributed by atoms with Gasteiger partial charge in [0.2, 0.25) is 5.91 Å². The zero-order valence-corrected chi connectivity index (χ0v) is 20.7. The molecule has 2 fully saturated rings. The third-order valence-electron chi connectivity index (χ3n) is 7.59. The van der Waals surface area contributed by atoms with Crippen LogP contribution in [0.5, 0.6) is 0 Å². The molecule has 0 bridgehead atoms. The number of piperidine rings is 2. The van der Waals surface area contributed by atoms with Crippen LogP contribution in [0.3, 0.4) is 0 Å². The number of rotatable bonds is 4. The van der Waals surface area contributed by atoms with E-state index in [1.165, 1.54) is 0 Å². The molecule has 0 spiro atoms. The van der Waals surface area contributed by atoms with Crippen molar-refractivity contribution in [2.24, 2.45) is 5.92 Å². The molecule has 34 heavy (non-hydrogen) atoms. The van der Waals surface area contributed by atoms with Gasteiger partial charge in [-0.25, -0.2) is 0 Å². The zero-order chi connectivity index (χ0) is 24.6. The van der Waals surface area contributed by atoms with Crippen molar-refractivity contribution in [3.8, 4) is 6.07 Å². The van der Waals surface area contributed by atoms with Crippen molar-refractivity contribution in [2.75, 3.05) is 18.9 Å². The standard InChI is InChI=1S/C28H34N4O2/c1-17-9-10-22(31-26(33)19-7-6-8-21(12-19)28(3,4)16-29)14-23(17)24-13-20-15-30-18(2)11-25(20)32(5)27(24)34/h6-10,12,14,18,20,24-25,30H,11,13,15H2,1-5H3,(H,31,33). The van der Waals surface area contributed by atoms with E-state index in [1.54, 1.807) is 18.2 Å². The summed E-state index contributed by atoms with van der Waals surface area (Å²) in [6.45, 7) is 8.79. The predicted molar refractivity (Wildman–Crippen MR) is 134 cm³/mol. The number of anilines is 1. The summed E-state index contributed by atoms with van der Waals surface area (Å²) in [6, 6.07) is 16.0. The van der Waals surface area contributed by atoms with E-state index in [1.807, 2.05) is 57.0 Å². The zero-order valence-electron chi connectivity index (χ0n) is 20.7. The molecule has 2 aliphatic rings. The van der Waals surface area contributed by atoms with Gasteiger partial charge in [-0.1, -0.05) is 18.2 Å². The van der Waals surface area contributed by atoms with E-state index in [2.05, 4.69) is 23.6 Å². The number of carbonyl (C=O) groups excluding carboxylic acids is 2. The van der Waals surface area contributed by atoms with Crippen molar-refractivity contribution < 1.29 is 9.59 Å². The monoisotopic (exact) mass is 458 g/mol. The van der Waals surface area contributed by atoms with E-state index >= 15 is 0 Å². The first-order valence-electron chi connectivity index (χ1n) is 12.0. The van der Waals surface area contributed by atoms with E-state index in [9.17, 15) is 14.9 Å². The first-order chi connectivity index (χ1) is 16.1. The van der Waals surface area contributed by atoms with Crippen LogP contribution in [0.4, 0.5) is 5.69 Å². The lowest BCUT2D eigenvalue weighted by atomic mass is 9.75. The quantitative estimate of drug-likeness (QED) is 0.713. The van der Waals surface area contributed by atoms with Crippen LogP contribution in [0.25, 0.3) is 0 Å². The van der Waals surface area contributed by atoms with Crippen LogP contribution in [-0.2, 0) is 10.2 Å². The highest BCUT2D eigenvalue weighted by atomic mass is 16.2. The van der Waals surface area contributed by atoms with Crippen LogP contribution in [0.15, 0.2) is 42.5 Å². The highest BCUT2D eigenvalue weighted by molar-refractivity contribution is 6.04. The van der Waals surface area contributed by atoms with Gasteiger partial charge in [0.25, 0.3) is 5.91 Å². The number of aryl methyl sites for hydroxylation is 1. The third-order valence-corrected chi connectivity index (χ3v) is 7.59. The first kappa shape index (κ1) is 24.0. The maximum absolute atomic E-state index is 13.3. The molecule has 2 aromatic rings. The summed E-state index contributed by atoms with van der Waals surface area (Å²) < 4.78 is 0. The second-order valence-electron chi connectivity index (χ2n) is 10.5. The number of likely N-dealkylation sites (N-methyl/N-ethyl adjacent to an activating group) is 1. The molecule has 2 aliphatic heterocycles. The number of nitrogens with one attached hydrogen (secondary N) is 2. The number of benzene rings is 2. The molecule has 4 rings (SSSR count). The van der Waals surface area contributed by atoms with Crippen LogP contribution in [0.2, 0.25) is 0 Å². The molecule has 4 unspecified atom stereocenters. The van der Waals surface area contributed by atoms with Gasteiger partial charge in [0.05, 0.1) is 17.4 Å². The molecule has 4 atom stereocenters. The summed E-state index contributed by atoms with van der Waals surface area (Å²) in [4.78, 5) is 28.3. The summed E-state index contributed by atoms with van der Waals surface area (Å²) in [5, 5.41) is 16.0. The summed E-state index contributed by atoms with van der Waals surface area (Å²) in [5.41, 5.74) is 3.33. The molecule has 2 aromatic carbocycles. The lowest BCUT2D eigenvalue weighted by Gasteiger charge is -2.47. The predicted octanol–water partition coefficient (Wildman–Crippen LogP) is 4.36. The molecule has 0 saturated carbocycles. The molecule has 2 heterocycles. The van der Waals surface area contributed by atoms with Crippen molar-refractivity contribution in [1.29, 1.82) is 5.26 Å². The first-order valence-corrected chi connectivity index (χ1v) is 12.0. The second kappa shape index (κ2) is 9.23. The average molecular weight is 459 g/mol. The van der Waals surface area contributed by atoms with Crippen LogP contribution < -0.4 is 10.6 Å². The molecule has 0 aromatic heterocycles. The molecule has 0 radical (unpaired) electrons. The fourth-order valence-corrected chi connectivity index (χ4v) is 5.32. The molecule has 2 saturated heterocycles. The number of nitriles is 1. The van der Waals surface area contributed by atoms with Crippen molar-refractivity contribution >= 4 is 17.5 Å². The molecular formula is C28H34N4O2. The smallest absolute Gasteiger partial charge is 0.255 e.